The number of likely N-dealkylation sites (N-methyl/N-ethyl adjacent to an activating group) is 2. The number of nitrogens with zero attached hydrogens (tertiary/aromatic N) is 3. The van der Waals surface area contributed by atoms with Crippen molar-refractivity contribution in [3.8, 4) is 5.88 Å². The van der Waals surface area contributed by atoms with Gasteiger partial charge in [0.25, 0.3) is 0 Å². The summed E-state index contributed by atoms with van der Waals surface area (Å²) < 4.78 is 5.23. The van der Waals surface area contributed by atoms with Crippen LogP contribution in [0, 0.1) is 0 Å². The standard InChI is InChI=1S/C10H16N4O2/c1-4-16-10-6-12-5-8(13-10)14(3)7-9(15)11-2/h5-6H,4,7H2,1-3H3,(H,11,15). The van der Waals surface area contributed by atoms with E-state index in [2.05, 4.69) is 15.3 Å². The van der Waals surface area contributed by atoms with Crippen molar-refractivity contribution in [2.75, 3.05) is 32.1 Å². The van der Waals surface area contributed by atoms with Crippen LogP contribution in [0.3, 0.4) is 0 Å². The molecule has 0 aromatic carbocycles. The fourth-order valence-corrected chi connectivity index (χ4v) is 1.12. The Balaban J connectivity index is 2.71. The van der Waals surface area contributed by atoms with Crippen LogP contribution in [-0.4, -0.2) is 43.1 Å². The average molecular weight is 224 g/mol. The molecule has 6 heteroatoms. The molecular weight excluding hydrogens is 208 g/mol. The number of carbonyl (C=O) groups excluding carboxylic acids is 1. The van der Waals surface area contributed by atoms with Crippen LogP contribution >= 0.6 is 0 Å². The van der Waals surface area contributed by atoms with Crippen LogP contribution < -0.4 is 15.0 Å². The summed E-state index contributed by atoms with van der Waals surface area (Å²) in [6.45, 7) is 2.65. The topological polar surface area (TPSA) is 67.3 Å². The minimum absolute atomic E-state index is 0.0777. The number of hydrogen-bond acceptors (Lipinski definition) is 5. The van der Waals surface area contributed by atoms with E-state index in [9.17, 15) is 4.79 Å². The number of ether oxygens (including phenoxy) is 1. The van der Waals surface area contributed by atoms with Crippen LogP contribution in [0.5, 0.6) is 5.88 Å². The van der Waals surface area contributed by atoms with Crippen LogP contribution in [0.4, 0.5) is 5.82 Å². The molecule has 0 bridgehead atoms. The molecule has 1 aromatic rings. The van der Waals surface area contributed by atoms with Crippen molar-refractivity contribution in [1.29, 1.82) is 0 Å². The fraction of sp³-hybridized carbons (Fsp3) is 0.500. The Hall–Kier alpha value is -1.85. The molecule has 16 heavy (non-hydrogen) atoms. The lowest BCUT2D eigenvalue weighted by Crippen LogP contribution is -2.33. The second-order valence-corrected chi connectivity index (χ2v) is 3.18. The number of aromatic nitrogens is 2. The zero-order valence-corrected chi connectivity index (χ0v) is 9.73. The van der Waals surface area contributed by atoms with Gasteiger partial charge in [0.2, 0.25) is 11.8 Å². The van der Waals surface area contributed by atoms with Gasteiger partial charge in [0.1, 0.15) is 0 Å². The van der Waals surface area contributed by atoms with E-state index in [4.69, 9.17) is 4.74 Å². The van der Waals surface area contributed by atoms with Crippen LogP contribution in [-0.2, 0) is 4.79 Å². The summed E-state index contributed by atoms with van der Waals surface area (Å²) in [5.41, 5.74) is 0. The largest absolute Gasteiger partial charge is 0.477 e. The lowest BCUT2D eigenvalue weighted by molar-refractivity contribution is -0.119. The summed E-state index contributed by atoms with van der Waals surface area (Å²) >= 11 is 0. The molecule has 0 aliphatic carbocycles. The number of nitrogens with one attached hydrogen (secondary N) is 1. The van der Waals surface area contributed by atoms with E-state index in [-0.39, 0.29) is 12.5 Å². The van der Waals surface area contributed by atoms with Gasteiger partial charge in [-0.05, 0) is 6.92 Å². The van der Waals surface area contributed by atoms with E-state index in [1.54, 1.807) is 31.4 Å². The molecule has 1 heterocycles. The fourth-order valence-electron chi connectivity index (χ4n) is 1.12. The zero-order valence-electron chi connectivity index (χ0n) is 9.73. The molecule has 0 aliphatic rings. The summed E-state index contributed by atoms with van der Waals surface area (Å²) in [4.78, 5) is 21.1. The molecule has 0 radical (unpaired) electrons. The van der Waals surface area contributed by atoms with E-state index < -0.39 is 0 Å². The first-order chi connectivity index (χ1) is 7.67. The lowest BCUT2D eigenvalue weighted by Gasteiger charge is -2.16. The van der Waals surface area contributed by atoms with E-state index in [0.29, 0.717) is 18.3 Å². The average Bonchev–Trinajstić information content (AvgIpc) is 2.29. The van der Waals surface area contributed by atoms with E-state index in [0.717, 1.165) is 0 Å². The van der Waals surface area contributed by atoms with Gasteiger partial charge in [-0.1, -0.05) is 0 Å². The van der Waals surface area contributed by atoms with Gasteiger partial charge in [-0.2, -0.15) is 4.98 Å². The van der Waals surface area contributed by atoms with Crippen LogP contribution in [0.1, 0.15) is 6.92 Å². The highest BCUT2D eigenvalue weighted by atomic mass is 16.5. The van der Waals surface area contributed by atoms with Crippen molar-refractivity contribution in [3.05, 3.63) is 12.4 Å². The second kappa shape index (κ2) is 5.89. The van der Waals surface area contributed by atoms with Crippen molar-refractivity contribution in [2.24, 2.45) is 0 Å². The van der Waals surface area contributed by atoms with Crippen molar-refractivity contribution >= 4 is 11.7 Å². The maximum Gasteiger partial charge on any atom is 0.239 e. The van der Waals surface area contributed by atoms with Gasteiger partial charge in [-0.25, -0.2) is 0 Å². The Kier molecular flexibility index (Phi) is 4.50. The molecule has 1 aromatic heterocycles. The van der Waals surface area contributed by atoms with E-state index in [1.807, 2.05) is 6.92 Å². The van der Waals surface area contributed by atoms with Gasteiger partial charge >= 0.3 is 0 Å². The minimum Gasteiger partial charge on any atom is -0.477 e. The zero-order chi connectivity index (χ0) is 12.0. The lowest BCUT2D eigenvalue weighted by atomic mass is 10.5. The molecule has 1 amide bonds. The quantitative estimate of drug-likeness (QED) is 0.766. The Morgan fingerprint density at radius 3 is 2.94 bits per heavy atom. The Morgan fingerprint density at radius 2 is 2.31 bits per heavy atom. The first-order valence-electron chi connectivity index (χ1n) is 5.04. The molecule has 0 unspecified atom stereocenters. The number of amides is 1. The van der Waals surface area contributed by atoms with E-state index in [1.165, 1.54) is 0 Å². The molecule has 1 rings (SSSR count). The molecule has 88 valence electrons. The van der Waals surface area contributed by atoms with Crippen LogP contribution in [0.15, 0.2) is 12.4 Å². The Labute approximate surface area is 94.6 Å². The van der Waals surface area contributed by atoms with E-state index >= 15 is 0 Å². The molecular formula is C10H16N4O2. The number of hydrogen-bond donors (Lipinski definition) is 1. The van der Waals surface area contributed by atoms with Gasteiger partial charge < -0.3 is 15.0 Å². The van der Waals surface area contributed by atoms with Crippen LogP contribution in [0.2, 0.25) is 0 Å². The highest BCUT2D eigenvalue weighted by Crippen LogP contribution is 2.11. The maximum absolute atomic E-state index is 11.2. The second-order valence-electron chi connectivity index (χ2n) is 3.18. The molecule has 0 atom stereocenters. The first kappa shape index (κ1) is 12.2. The van der Waals surface area contributed by atoms with Gasteiger partial charge in [0, 0.05) is 14.1 Å². The summed E-state index contributed by atoms with van der Waals surface area (Å²) in [6, 6.07) is 0. The first-order valence-corrected chi connectivity index (χ1v) is 5.04. The molecule has 0 spiro atoms. The Morgan fingerprint density at radius 1 is 1.56 bits per heavy atom. The van der Waals surface area contributed by atoms with Gasteiger partial charge in [0.15, 0.2) is 5.82 Å². The summed E-state index contributed by atoms with van der Waals surface area (Å²) in [5, 5.41) is 2.55. The van der Waals surface area contributed by atoms with Crippen molar-refractivity contribution in [1.82, 2.24) is 15.3 Å². The SMILES string of the molecule is CCOc1cncc(N(C)CC(=O)NC)n1. The predicted molar refractivity (Wildman–Crippen MR) is 60.5 cm³/mol. The normalized spacial score (nSPS) is 9.69. The van der Waals surface area contributed by atoms with Gasteiger partial charge in [0.05, 0.1) is 25.5 Å². The monoisotopic (exact) mass is 224 g/mol. The molecule has 0 saturated carbocycles. The Bertz CT molecular complexity index is 356. The van der Waals surface area contributed by atoms with Crippen LogP contribution in [0.25, 0.3) is 0 Å². The highest BCUT2D eigenvalue weighted by Gasteiger charge is 2.08. The molecule has 0 fully saturated rings. The summed E-state index contributed by atoms with van der Waals surface area (Å²) in [7, 11) is 3.37. The van der Waals surface area contributed by atoms with Crippen molar-refractivity contribution in [3.63, 3.8) is 0 Å². The molecule has 6 nitrogen and oxygen atoms in total. The van der Waals surface area contributed by atoms with Gasteiger partial charge in [-0.3, -0.25) is 9.78 Å². The molecule has 1 N–H and O–H groups in total. The summed E-state index contributed by atoms with van der Waals surface area (Å²) in [6.07, 6.45) is 3.13. The van der Waals surface area contributed by atoms with Crippen molar-refractivity contribution in [2.45, 2.75) is 6.92 Å². The van der Waals surface area contributed by atoms with Gasteiger partial charge in [-0.15, -0.1) is 0 Å². The number of rotatable bonds is 5. The number of anilines is 1. The third kappa shape index (κ3) is 3.38. The summed E-state index contributed by atoms with van der Waals surface area (Å²) in [5.74, 6) is 0.990. The molecule has 0 aliphatic heterocycles. The highest BCUT2D eigenvalue weighted by molar-refractivity contribution is 5.80. The third-order valence-electron chi connectivity index (χ3n) is 1.94. The maximum atomic E-state index is 11.2. The number of carbonyl (C=O) groups is 1. The minimum atomic E-state index is -0.0777. The van der Waals surface area contributed by atoms with Crippen molar-refractivity contribution < 1.29 is 9.53 Å². The molecule has 0 saturated heterocycles. The predicted octanol–water partition coefficient (Wildman–Crippen LogP) is 0.0575. The third-order valence-corrected chi connectivity index (χ3v) is 1.94. The smallest absolute Gasteiger partial charge is 0.239 e.